The molecule has 1 N–H and O–H groups in total. The fourth-order valence-corrected chi connectivity index (χ4v) is 4.41. The molecule has 2 aromatic rings. The number of para-hydroxylation sites is 1. The van der Waals surface area contributed by atoms with Gasteiger partial charge in [0, 0.05) is 31.9 Å². The van der Waals surface area contributed by atoms with Crippen molar-refractivity contribution in [2.24, 2.45) is 0 Å². The van der Waals surface area contributed by atoms with Gasteiger partial charge < -0.3 is 15.1 Å². The van der Waals surface area contributed by atoms with E-state index in [0.717, 1.165) is 16.9 Å². The first-order valence-corrected chi connectivity index (χ1v) is 10.2. The normalized spacial score (nSPS) is 15.7. The van der Waals surface area contributed by atoms with E-state index in [1.54, 1.807) is 13.0 Å². The number of thiophene rings is 1. The lowest BCUT2D eigenvalue weighted by molar-refractivity contribution is -0.133. The molecule has 1 unspecified atom stereocenters. The maximum atomic E-state index is 12.7. The van der Waals surface area contributed by atoms with E-state index >= 15 is 0 Å². The summed E-state index contributed by atoms with van der Waals surface area (Å²) in [7, 11) is 0. The maximum absolute atomic E-state index is 12.7. The van der Waals surface area contributed by atoms with Gasteiger partial charge in [-0.3, -0.25) is 9.59 Å². The third-order valence-corrected chi connectivity index (χ3v) is 6.18. The zero-order valence-electron chi connectivity index (χ0n) is 14.9. The second-order valence-corrected chi connectivity index (χ2v) is 8.86. The topological polar surface area (TPSA) is 52.6 Å². The molecular weight excluding hydrogens is 414 g/mol. The predicted octanol–water partition coefficient (Wildman–Crippen LogP) is 3.29. The van der Waals surface area contributed by atoms with Crippen LogP contribution in [0.5, 0.6) is 0 Å². The first-order valence-electron chi connectivity index (χ1n) is 8.61. The molecule has 2 heterocycles. The summed E-state index contributed by atoms with van der Waals surface area (Å²) in [5.41, 5.74) is 2.47. The quantitative estimate of drug-likeness (QED) is 0.801. The molecule has 3 rings (SSSR count). The predicted molar refractivity (Wildman–Crippen MR) is 109 cm³/mol. The van der Waals surface area contributed by atoms with Gasteiger partial charge in [0.15, 0.2) is 0 Å². The summed E-state index contributed by atoms with van der Waals surface area (Å²) in [6.07, 6.45) is 0. The maximum Gasteiger partial charge on any atom is 0.262 e. The van der Waals surface area contributed by atoms with Gasteiger partial charge in [-0.2, -0.15) is 0 Å². The van der Waals surface area contributed by atoms with Crippen molar-refractivity contribution >= 4 is 44.8 Å². The molecule has 1 fully saturated rings. The number of carbonyl (C=O) groups is 2. The second kappa shape index (κ2) is 8.22. The third kappa shape index (κ3) is 4.27. The summed E-state index contributed by atoms with van der Waals surface area (Å²) in [5.74, 6) is -0.237. The Morgan fingerprint density at radius 1 is 1.12 bits per heavy atom. The first kappa shape index (κ1) is 18.9. The van der Waals surface area contributed by atoms with Gasteiger partial charge in [0.2, 0.25) is 5.91 Å². The number of nitrogens with zero attached hydrogens (tertiary/aromatic N) is 2. The number of halogens is 1. The number of benzene rings is 1. The van der Waals surface area contributed by atoms with Crippen molar-refractivity contribution in [2.45, 2.75) is 19.9 Å². The van der Waals surface area contributed by atoms with E-state index in [1.807, 2.05) is 23.1 Å². The van der Waals surface area contributed by atoms with Crippen molar-refractivity contribution in [3.63, 3.8) is 0 Å². The minimum absolute atomic E-state index is 0.0293. The SMILES string of the molecule is Cc1ccccc1N1CCN(C(=O)C(C)NC(=O)c2ccc(Br)s2)CC1. The molecule has 1 atom stereocenters. The average molecular weight is 436 g/mol. The molecule has 0 radical (unpaired) electrons. The summed E-state index contributed by atoms with van der Waals surface area (Å²) in [6, 6.07) is 11.4. The highest BCUT2D eigenvalue weighted by Crippen LogP contribution is 2.22. The molecule has 2 amide bonds. The monoisotopic (exact) mass is 435 g/mol. The van der Waals surface area contributed by atoms with Gasteiger partial charge in [-0.25, -0.2) is 0 Å². The van der Waals surface area contributed by atoms with Crippen LogP contribution in [0.2, 0.25) is 0 Å². The fourth-order valence-electron chi connectivity index (χ4n) is 3.13. The zero-order valence-corrected chi connectivity index (χ0v) is 17.3. The van der Waals surface area contributed by atoms with E-state index in [2.05, 4.69) is 45.2 Å². The van der Waals surface area contributed by atoms with E-state index < -0.39 is 6.04 Å². The van der Waals surface area contributed by atoms with E-state index in [4.69, 9.17) is 0 Å². The van der Waals surface area contributed by atoms with Gasteiger partial charge in [-0.1, -0.05) is 18.2 Å². The van der Waals surface area contributed by atoms with Crippen molar-refractivity contribution < 1.29 is 9.59 Å². The number of anilines is 1. The number of amides is 2. The molecule has 0 bridgehead atoms. The van der Waals surface area contributed by atoms with Crippen molar-refractivity contribution in [2.75, 3.05) is 31.1 Å². The summed E-state index contributed by atoms with van der Waals surface area (Å²) in [4.78, 5) is 29.6. The molecule has 138 valence electrons. The Morgan fingerprint density at radius 2 is 1.81 bits per heavy atom. The Hall–Kier alpha value is -1.86. The number of hydrogen-bond acceptors (Lipinski definition) is 4. The van der Waals surface area contributed by atoms with Crippen LogP contribution in [-0.4, -0.2) is 48.9 Å². The summed E-state index contributed by atoms with van der Waals surface area (Å²) in [5, 5.41) is 2.80. The lowest BCUT2D eigenvalue weighted by Gasteiger charge is -2.37. The Labute approximate surface area is 166 Å². The largest absolute Gasteiger partial charge is 0.368 e. The first-order chi connectivity index (χ1) is 12.5. The van der Waals surface area contributed by atoms with Crippen molar-refractivity contribution in [1.29, 1.82) is 0 Å². The minimum atomic E-state index is -0.534. The third-order valence-electron chi connectivity index (χ3n) is 4.56. The van der Waals surface area contributed by atoms with Crippen molar-refractivity contribution in [3.05, 3.63) is 50.6 Å². The Balaban J connectivity index is 1.54. The molecule has 1 aromatic carbocycles. The van der Waals surface area contributed by atoms with Crippen LogP contribution in [0.15, 0.2) is 40.2 Å². The molecule has 1 aliphatic rings. The molecule has 1 saturated heterocycles. The Kier molecular flexibility index (Phi) is 5.98. The lowest BCUT2D eigenvalue weighted by atomic mass is 10.1. The Morgan fingerprint density at radius 3 is 2.42 bits per heavy atom. The number of hydrogen-bond donors (Lipinski definition) is 1. The average Bonchev–Trinajstić information content (AvgIpc) is 3.08. The van der Waals surface area contributed by atoms with Crippen LogP contribution in [0.4, 0.5) is 5.69 Å². The van der Waals surface area contributed by atoms with Crippen LogP contribution < -0.4 is 10.2 Å². The summed E-state index contributed by atoms with van der Waals surface area (Å²) >= 11 is 4.70. The molecule has 0 spiro atoms. The van der Waals surface area contributed by atoms with E-state index in [0.29, 0.717) is 18.0 Å². The van der Waals surface area contributed by atoms with Crippen LogP contribution in [-0.2, 0) is 4.79 Å². The van der Waals surface area contributed by atoms with Crippen LogP contribution in [0.25, 0.3) is 0 Å². The van der Waals surface area contributed by atoms with Crippen LogP contribution in [0.3, 0.4) is 0 Å². The van der Waals surface area contributed by atoms with E-state index in [9.17, 15) is 9.59 Å². The minimum Gasteiger partial charge on any atom is -0.368 e. The zero-order chi connectivity index (χ0) is 18.7. The molecule has 26 heavy (non-hydrogen) atoms. The van der Waals surface area contributed by atoms with Crippen LogP contribution in [0.1, 0.15) is 22.2 Å². The molecule has 0 saturated carbocycles. The number of nitrogens with one attached hydrogen (secondary N) is 1. The number of aryl methyl sites for hydroxylation is 1. The molecule has 5 nitrogen and oxygen atoms in total. The van der Waals surface area contributed by atoms with Gasteiger partial charge >= 0.3 is 0 Å². The number of rotatable bonds is 4. The molecule has 1 aromatic heterocycles. The van der Waals surface area contributed by atoms with Gasteiger partial charge in [-0.15, -0.1) is 11.3 Å². The molecule has 7 heteroatoms. The lowest BCUT2D eigenvalue weighted by Crippen LogP contribution is -2.54. The molecular formula is C19H22BrN3O2S. The highest BCUT2D eigenvalue weighted by molar-refractivity contribution is 9.11. The van der Waals surface area contributed by atoms with Crippen molar-refractivity contribution in [1.82, 2.24) is 10.2 Å². The molecule has 0 aliphatic carbocycles. The molecule has 1 aliphatic heterocycles. The van der Waals surface area contributed by atoms with Gasteiger partial charge in [0.05, 0.1) is 8.66 Å². The standard InChI is InChI=1S/C19H22BrN3O2S/c1-13-5-3-4-6-15(13)22-9-11-23(12-10-22)19(25)14(2)21-18(24)16-7-8-17(20)26-16/h3-8,14H,9-12H2,1-2H3,(H,21,24). The Bertz CT molecular complexity index is 800. The van der Waals surface area contributed by atoms with E-state index in [1.165, 1.54) is 22.6 Å². The fraction of sp³-hybridized carbons (Fsp3) is 0.368. The second-order valence-electron chi connectivity index (χ2n) is 6.40. The number of carbonyl (C=O) groups excluding carboxylic acids is 2. The van der Waals surface area contributed by atoms with Gasteiger partial charge in [-0.05, 0) is 53.5 Å². The van der Waals surface area contributed by atoms with Crippen LogP contribution >= 0.6 is 27.3 Å². The highest BCUT2D eigenvalue weighted by Gasteiger charge is 2.26. The summed E-state index contributed by atoms with van der Waals surface area (Å²) in [6.45, 7) is 6.78. The summed E-state index contributed by atoms with van der Waals surface area (Å²) < 4.78 is 0.897. The van der Waals surface area contributed by atoms with Gasteiger partial charge in [0.1, 0.15) is 6.04 Å². The van der Waals surface area contributed by atoms with Crippen molar-refractivity contribution in [3.8, 4) is 0 Å². The van der Waals surface area contributed by atoms with Crippen LogP contribution in [0, 0.1) is 6.92 Å². The van der Waals surface area contributed by atoms with Gasteiger partial charge in [0.25, 0.3) is 5.91 Å². The smallest absolute Gasteiger partial charge is 0.262 e. The highest BCUT2D eigenvalue weighted by atomic mass is 79.9. The van der Waals surface area contributed by atoms with E-state index in [-0.39, 0.29) is 11.8 Å². The number of piperazine rings is 1.